The molecule has 2 aromatic heterocycles. The maximum atomic E-state index is 12.9. The summed E-state index contributed by atoms with van der Waals surface area (Å²) in [4.78, 5) is 25.2. The number of fused-ring (bicyclic) bond motifs is 3. The van der Waals surface area contributed by atoms with Crippen LogP contribution in [-0.2, 0) is 30.7 Å². The molecule has 0 fully saturated rings. The minimum Gasteiger partial charge on any atom is -0.350 e. The molecule has 140 valence electrons. The van der Waals surface area contributed by atoms with Crippen LogP contribution in [0.4, 0.5) is 0 Å². The lowest BCUT2D eigenvalue weighted by Crippen LogP contribution is -2.32. The summed E-state index contributed by atoms with van der Waals surface area (Å²) in [6.07, 6.45) is 8.53. The van der Waals surface area contributed by atoms with Gasteiger partial charge in [0.1, 0.15) is 12.1 Å². The molecule has 2 heterocycles. The fourth-order valence-electron chi connectivity index (χ4n) is 3.57. The molecule has 1 aromatic carbocycles. The maximum absolute atomic E-state index is 12.9. The predicted molar refractivity (Wildman–Crippen MR) is 104 cm³/mol. The number of aryl methyl sites for hydroxylation is 2. The molecule has 0 bridgehead atoms. The van der Waals surface area contributed by atoms with Crippen LogP contribution >= 0.6 is 11.6 Å². The molecule has 0 atom stereocenters. The van der Waals surface area contributed by atoms with Gasteiger partial charge in [0.2, 0.25) is 5.91 Å². The molecule has 0 unspecified atom stereocenters. The van der Waals surface area contributed by atoms with Crippen LogP contribution < -0.4 is 10.9 Å². The Morgan fingerprint density at radius 2 is 1.89 bits per heavy atom. The van der Waals surface area contributed by atoms with Crippen molar-refractivity contribution in [1.82, 2.24) is 19.5 Å². The molecule has 1 amide bonds. The van der Waals surface area contributed by atoms with Gasteiger partial charge in [0.05, 0.1) is 5.69 Å². The molecule has 6 nitrogen and oxygen atoms in total. The Hall–Kier alpha value is -2.60. The molecule has 0 saturated heterocycles. The van der Waals surface area contributed by atoms with Crippen LogP contribution in [0.25, 0.3) is 5.52 Å². The van der Waals surface area contributed by atoms with Gasteiger partial charge in [-0.05, 0) is 43.4 Å². The van der Waals surface area contributed by atoms with E-state index in [-0.39, 0.29) is 18.0 Å². The monoisotopic (exact) mass is 384 g/mol. The van der Waals surface area contributed by atoms with Crippen LogP contribution in [0.3, 0.4) is 0 Å². The molecule has 0 saturated carbocycles. The van der Waals surface area contributed by atoms with Crippen molar-refractivity contribution < 1.29 is 4.79 Å². The van der Waals surface area contributed by atoms with Crippen molar-refractivity contribution in [2.45, 2.75) is 45.2 Å². The van der Waals surface area contributed by atoms with Gasteiger partial charge in [-0.1, -0.05) is 30.2 Å². The van der Waals surface area contributed by atoms with E-state index < -0.39 is 0 Å². The van der Waals surface area contributed by atoms with Crippen LogP contribution in [0.5, 0.6) is 0 Å². The van der Waals surface area contributed by atoms with E-state index in [2.05, 4.69) is 10.4 Å². The molecular weight excluding hydrogens is 364 g/mol. The summed E-state index contributed by atoms with van der Waals surface area (Å²) in [5.74, 6) is -0.206. The van der Waals surface area contributed by atoms with Crippen molar-refractivity contribution in [2.75, 3.05) is 0 Å². The van der Waals surface area contributed by atoms with Crippen LogP contribution in [0.2, 0.25) is 5.02 Å². The average molecular weight is 385 g/mol. The standard InChI is InChI=1S/C20H21ClN4O2/c21-15-8-6-14(7-9-15)12-22-18(26)13-24-10-11-25-19(20(24)27)16-4-2-1-3-5-17(16)23-25/h6-11H,1-5,12-13H2,(H,22,26). The zero-order chi connectivity index (χ0) is 18.8. The highest BCUT2D eigenvalue weighted by Gasteiger charge is 2.19. The third-order valence-corrected chi connectivity index (χ3v) is 5.25. The number of nitrogens with one attached hydrogen (secondary N) is 1. The van der Waals surface area contributed by atoms with E-state index in [0.717, 1.165) is 48.9 Å². The molecule has 1 N–H and O–H groups in total. The summed E-state index contributed by atoms with van der Waals surface area (Å²) < 4.78 is 3.12. The number of nitrogens with zero attached hydrogens (tertiary/aromatic N) is 3. The number of carbonyl (C=O) groups excluding carboxylic acids is 1. The lowest BCUT2D eigenvalue weighted by Gasteiger charge is -2.08. The second-order valence-electron chi connectivity index (χ2n) is 6.91. The third kappa shape index (κ3) is 3.76. The number of carbonyl (C=O) groups is 1. The Labute approximate surface area is 161 Å². The summed E-state index contributed by atoms with van der Waals surface area (Å²) >= 11 is 5.87. The molecule has 27 heavy (non-hydrogen) atoms. The normalized spacial score (nSPS) is 14.0. The SMILES string of the molecule is O=C(Cn1ccn2nc3c(c2c1=O)CCCCC3)NCc1ccc(Cl)cc1. The van der Waals surface area contributed by atoms with Gasteiger partial charge >= 0.3 is 0 Å². The van der Waals surface area contributed by atoms with Gasteiger partial charge in [0.15, 0.2) is 0 Å². The van der Waals surface area contributed by atoms with Crippen molar-refractivity contribution >= 4 is 23.0 Å². The number of benzene rings is 1. The summed E-state index contributed by atoms with van der Waals surface area (Å²) in [6, 6.07) is 7.30. The number of hydrogen-bond donors (Lipinski definition) is 1. The quantitative estimate of drug-likeness (QED) is 0.703. The molecule has 1 aliphatic rings. The zero-order valence-electron chi connectivity index (χ0n) is 14.9. The lowest BCUT2D eigenvalue weighted by atomic mass is 10.1. The molecule has 3 aromatic rings. The highest BCUT2D eigenvalue weighted by Crippen LogP contribution is 2.22. The zero-order valence-corrected chi connectivity index (χ0v) is 15.7. The number of rotatable bonds is 4. The van der Waals surface area contributed by atoms with Crippen LogP contribution in [0, 0.1) is 0 Å². The summed E-state index contributed by atoms with van der Waals surface area (Å²) in [5.41, 5.74) is 3.48. The van der Waals surface area contributed by atoms with Crippen molar-refractivity contribution in [1.29, 1.82) is 0 Å². The van der Waals surface area contributed by atoms with E-state index in [0.29, 0.717) is 17.1 Å². The lowest BCUT2D eigenvalue weighted by molar-refractivity contribution is -0.121. The molecular formula is C20H21ClN4O2. The largest absolute Gasteiger partial charge is 0.350 e. The van der Waals surface area contributed by atoms with Gasteiger partial charge < -0.3 is 9.88 Å². The van der Waals surface area contributed by atoms with E-state index >= 15 is 0 Å². The molecule has 0 spiro atoms. The minimum absolute atomic E-state index is 0.0110. The Balaban J connectivity index is 1.52. The van der Waals surface area contributed by atoms with Gasteiger partial charge in [-0.15, -0.1) is 0 Å². The van der Waals surface area contributed by atoms with Gasteiger partial charge in [-0.2, -0.15) is 5.10 Å². The second kappa shape index (κ2) is 7.56. The summed E-state index contributed by atoms with van der Waals surface area (Å²) in [6.45, 7) is 0.387. The summed E-state index contributed by atoms with van der Waals surface area (Å²) in [5, 5.41) is 8.07. The fraction of sp³-hybridized carbons (Fsp3) is 0.350. The predicted octanol–water partition coefficient (Wildman–Crippen LogP) is 2.73. The van der Waals surface area contributed by atoms with Gasteiger partial charge in [0.25, 0.3) is 5.56 Å². The maximum Gasteiger partial charge on any atom is 0.277 e. The minimum atomic E-state index is -0.206. The van der Waals surface area contributed by atoms with E-state index in [4.69, 9.17) is 11.6 Å². The average Bonchev–Trinajstić information content (AvgIpc) is 2.86. The van der Waals surface area contributed by atoms with Gasteiger partial charge in [-0.25, -0.2) is 4.52 Å². The number of halogens is 1. The number of hydrogen-bond acceptors (Lipinski definition) is 3. The van der Waals surface area contributed by atoms with Crippen molar-refractivity contribution in [2.24, 2.45) is 0 Å². The molecule has 1 aliphatic carbocycles. The highest BCUT2D eigenvalue weighted by atomic mass is 35.5. The number of amides is 1. The van der Waals surface area contributed by atoms with E-state index in [9.17, 15) is 9.59 Å². The fourth-order valence-corrected chi connectivity index (χ4v) is 3.70. The number of aromatic nitrogens is 3. The Bertz CT molecular complexity index is 1040. The molecule has 0 aliphatic heterocycles. The first-order valence-corrected chi connectivity index (χ1v) is 9.60. The smallest absolute Gasteiger partial charge is 0.277 e. The Morgan fingerprint density at radius 3 is 2.70 bits per heavy atom. The van der Waals surface area contributed by atoms with Gasteiger partial charge in [-0.3, -0.25) is 9.59 Å². The molecule has 4 rings (SSSR count). The first-order chi connectivity index (χ1) is 13.1. The van der Waals surface area contributed by atoms with Crippen LogP contribution in [-0.4, -0.2) is 20.1 Å². The topological polar surface area (TPSA) is 68.4 Å². The van der Waals surface area contributed by atoms with Gasteiger partial charge in [0, 0.05) is 29.5 Å². The van der Waals surface area contributed by atoms with Crippen LogP contribution in [0.1, 0.15) is 36.1 Å². The van der Waals surface area contributed by atoms with Crippen molar-refractivity contribution in [3.63, 3.8) is 0 Å². The first kappa shape index (κ1) is 17.8. The van der Waals surface area contributed by atoms with Crippen LogP contribution in [0.15, 0.2) is 41.5 Å². The van der Waals surface area contributed by atoms with Crippen molar-refractivity contribution in [3.8, 4) is 0 Å². The van der Waals surface area contributed by atoms with E-state index in [1.165, 1.54) is 4.57 Å². The molecule has 7 heteroatoms. The Kier molecular flexibility index (Phi) is 4.99. The van der Waals surface area contributed by atoms with Crippen molar-refractivity contribution in [3.05, 3.63) is 68.9 Å². The first-order valence-electron chi connectivity index (χ1n) is 9.22. The van der Waals surface area contributed by atoms with E-state index in [1.54, 1.807) is 29.0 Å². The third-order valence-electron chi connectivity index (χ3n) is 5.00. The summed E-state index contributed by atoms with van der Waals surface area (Å²) in [7, 11) is 0. The van der Waals surface area contributed by atoms with E-state index in [1.807, 2.05) is 12.1 Å². The molecule has 0 radical (unpaired) electrons. The highest BCUT2D eigenvalue weighted by molar-refractivity contribution is 6.30. The second-order valence-corrected chi connectivity index (χ2v) is 7.35. The Morgan fingerprint density at radius 1 is 1.11 bits per heavy atom.